The molecular weight excluding hydrogens is 588 g/mol. The number of halogens is 2. The van der Waals surface area contributed by atoms with Crippen molar-refractivity contribution < 1.29 is 18.3 Å². The molecule has 0 saturated heterocycles. The second-order valence-electron chi connectivity index (χ2n) is 9.37. The average Bonchev–Trinajstić information content (AvgIpc) is 2.89. The number of carbonyl (C=O) groups excluding carboxylic acids is 1. The maximum atomic E-state index is 13.3. The highest BCUT2D eigenvalue weighted by Gasteiger charge is 2.30. The molecule has 0 aliphatic carbocycles. The first-order valence-corrected chi connectivity index (χ1v) is 15.4. The number of aliphatic hydroxyl groups is 1. The van der Waals surface area contributed by atoms with Crippen LogP contribution in [-0.2, 0) is 23.0 Å². The monoisotopic (exact) mass is 620 g/mol. The van der Waals surface area contributed by atoms with E-state index in [1.54, 1.807) is 36.4 Å². The SMILES string of the molecule is CCCCS(=O)(=O)N(Cc1cccc(Cl)c1)C[C@@H](O)[C@H](Cc1ccccc1)NC(=O)c1cccc(C)c1Br. The lowest BCUT2D eigenvalue weighted by Crippen LogP contribution is -2.50. The summed E-state index contributed by atoms with van der Waals surface area (Å²) < 4.78 is 28.6. The number of carbonyl (C=O) groups is 1. The number of nitrogens with one attached hydrogen (secondary N) is 1. The van der Waals surface area contributed by atoms with Gasteiger partial charge in [0.25, 0.3) is 5.91 Å². The van der Waals surface area contributed by atoms with Crippen molar-refractivity contribution >= 4 is 43.5 Å². The van der Waals surface area contributed by atoms with E-state index in [1.165, 1.54) is 4.31 Å². The van der Waals surface area contributed by atoms with Crippen LogP contribution < -0.4 is 5.32 Å². The van der Waals surface area contributed by atoms with Crippen molar-refractivity contribution in [2.45, 2.75) is 51.8 Å². The summed E-state index contributed by atoms with van der Waals surface area (Å²) >= 11 is 9.63. The maximum absolute atomic E-state index is 13.3. The fourth-order valence-electron chi connectivity index (χ4n) is 4.13. The fraction of sp³-hybridized carbons (Fsp3) is 0.345. The molecule has 0 spiro atoms. The Bertz CT molecular complexity index is 1320. The molecule has 0 aliphatic rings. The van der Waals surface area contributed by atoms with Crippen LogP contribution in [0.15, 0.2) is 77.3 Å². The number of amides is 1. The molecule has 1 amide bonds. The summed E-state index contributed by atoms with van der Waals surface area (Å²) in [5, 5.41) is 14.9. The third-order valence-corrected chi connectivity index (χ3v) is 9.46. The van der Waals surface area contributed by atoms with Crippen LogP contribution in [0.25, 0.3) is 0 Å². The van der Waals surface area contributed by atoms with Gasteiger partial charge in [0.1, 0.15) is 0 Å². The number of nitrogens with zero attached hydrogens (tertiary/aromatic N) is 1. The highest BCUT2D eigenvalue weighted by atomic mass is 79.9. The van der Waals surface area contributed by atoms with Gasteiger partial charge in [0.05, 0.1) is 23.5 Å². The van der Waals surface area contributed by atoms with Crippen molar-refractivity contribution in [1.29, 1.82) is 0 Å². The number of aliphatic hydroxyl groups excluding tert-OH is 1. The number of benzene rings is 3. The van der Waals surface area contributed by atoms with E-state index in [2.05, 4.69) is 21.2 Å². The van der Waals surface area contributed by atoms with Gasteiger partial charge in [-0.05, 0) is 70.6 Å². The molecule has 0 aromatic heterocycles. The Morgan fingerprint density at radius 2 is 1.74 bits per heavy atom. The van der Waals surface area contributed by atoms with Gasteiger partial charge in [-0.2, -0.15) is 4.31 Å². The quantitative estimate of drug-likeness (QED) is 0.255. The zero-order chi connectivity index (χ0) is 27.7. The Morgan fingerprint density at radius 1 is 1.05 bits per heavy atom. The average molecular weight is 622 g/mol. The van der Waals surface area contributed by atoms with E-state index in [9.17, 15) is 18.3 Å². The van der Waals surface area contributed by atoms with Crippen LogP contribution in [0.4, 0.5) is 0 Å². The van der Waals surface area contributed by atoms with Crippen molar-refractivity contribution in [3.8, 4) is 0 Å². The highest BCUT2D eigenvalue weighted by molar-refractivity contribution is 9.10. The predicted molar refractivity (Wildman–Crippen MR) is 157 cm³/mol. The van der Waals surface area contributed by atoms with Gasteiger partial charge in [-0.1, -0.05) is 79.5 Å². The Morgan fingerprint density at radius 3 is 2.42 bits per heavy atom. The topological polar surface area (TPSA) is 86.7 Å². The lowest BCUT2D eigenvalue weighted by molar-refractivity contribution is 0.0778. The summed E-state index contributed by atoms with van der Waals surface area (Å²) in [6.07, 6.45) is 0.399. The van der Waals surface area contributed by atoms with E-state index < -0.39 is 22.2 Å². The first-order valence-electron chi connectivity index (χ1n) is 12.6. The summed E-state index contributed by atoms with van der Waals surface area (Å²) in [7, 11) is -3.68. The van der Waals surface area contributed by atoms with Crippen molar-refractivity contribution in [3.05, 3.63) is 105 Å². The molecule has 0 bridgehead atoms. The molecule has 6 nitrogen and oxygen atoms in total. The number of hydrogen-bond acceptors (Lipinski definition) is 4. The van der Waals surface area contributed by atoms with Gasteiger partial charge in [-0.25, -0.2) is 8.42 Å². The van der Waals surface area contributed by atoms with E-state index >= 15 is 0 Å². The van der Waals surface area contributed by atoms with Gasteiger partial charge in [0.2, 0.25) is 10.0 Å². The third-order valence-electron chi connectivity index (χ3n) is 6.30. The van der Waals surface area contributed by atoms with Crippen LogP contribution in [0.3, 0.4) is 0 Å². The molecule has 0 unspecified atom stereocenters. The zero-order valence-corrected chi connectivity index (χ0v) is 24.8. The number of aryl methyl sites for hydroxylation is 1. The van der Waals surface area contributed by atoms with Crippen LogP contribution >= 0.6 is 27.5 Å². The van der Waals surface area contributed by atoms with Crippen LogP contribution in [0, 0.1) is 6.92 Å². The normalized spacial score (nSPS) is 13.3. The molecule has 0 heterocycles. The molecule has 0 saturated carbocycles. The van der Waals surface area contributed by atoms with Crippen molar-refractivity contribution in [2.75, 3.05) is 12.3 Å². The molecule has 3 aromatic carbocycles. The van der Waals surface area contributed by atoms with Crippen LogP contribution in [0.1, 0.15) is 46.8 Å². The Balaban J connectivity index is 1.90. The molecular formula is C29H34BrClN2O4S. The molecule has 0 fully saturated rings. The standard InChI is InChI=1S/C29H34BrClN2O4S/c1-3-4-16-38(36,37)33(19-23-13-9-14-24(31)17-23)20-27(34)26(18-22-11-6-5-7-12-22)32-29(35)25-15-8-10-21(2)28(25)30/h5-15,17,26-27,34H,3-4,16,18-20H2,1-2H3,(H,32,35)/t26-,27+/m0/s1. The predicted octanol–water partition coefficient (Wildman–Crippen LogP) is 5.75. The smallest absolute Gasteiger partial charge is 0.252 e. The van der Waals surface area contributed by atoms with Gasteiger partial charge in [-0.15, -0.1) is 0 Å². The van der Waals surface area contributed by atoms with Crippen LogP contribution in [0.2, 0.25) is 5.02 Å². The summed E-state index contributed by atoms with van der Waals surface area (Å²) in [5.41, 5.74) is 2.99. The maximum Gasteiger partial charge on any atom is 0.252 e. The van der Waals surface area contributed by atoms with E-state index in [1.807, 2.05) is 50.2 Å². The van der Waals surface area contributed by atoms with E-state index in [0.29, 0.717) is 27.9 Å². The first-order chi connectivity index (χ1) is 18.1. The molecule has 3 aromatic rings. The second kappa shape index (κ2) is 14.2. The lowest BCUT2D eigenvalue weighted by Gasteiger charge is -2.30. The van der Waals surface area contributed by atoms with Crippen molar-refractivity contribution in [2.24, 2.45) is 0 Å². The van der Waals surface area contributed by atoms with Crippen molar-refractivity contribution in [1.82, 2.24) is 9.62 Å². The van der Waals surface area contributed by atoms with E-state index in [0.717, 1.165) is 23.1 Å². The molecule has 0 aliphatic heterocycles. The van der Waals surface area contributed by atoms with Gasteiger partial charge in [0, 0.05) is 22.6 Å². The molecule has 3 rings (SSSR count). The minimum atomic E-state index is -3.68. The fourth-order valence-corrected chi connectivity index (χ4v) is 6.42. The number of unbranched alkanes of at least 4 members (excludes halogenated alkanes) is 1. The molecule has 38 heavy (non-hydrogen) atoms. The van der Waals surface area contributed by atoms with Crippen molar-refractivity contribution in [3.63, 3.8) is 0 Å². The molecule has 0 radical (unpaired) electrons. The Hall–Kier alpha value is -2.23. The van der Waals surface area contributed by atoms with Gasteiger partial charge < -0.3 is 10.4 Å². The number of sulfonamides is 1. The highest BCUT2D eigenvalue weighted by Crippen LogP contribution is 2.22. The molecule has 2 N–H and O–H groups in total. The summed E-state index contributed by atoms with van der Waals surface area (Å²) in [4.78, 5) is 13.3. The van der Waals surface area contributed by atoms with E-state index in [4.69, 9.17) is 11.6 Å². The lowest BCUT2D eigenvalue weighted by atomic mass is 10.00. The van der Waals surface area contributed by atoms with Gasteiger partial charge in [-0.3, -0.25) is 4.79 Å². The molecule has 204 valence electrons. The largest absolute Gasteiger partial charge is 0.390 e. The van der Waals surface area contributed by atoms with Gasteiger partial charge >= 0.3 is 0 Å². The molecule has 9 heteroatoms. The Kier molecular flexibility index (Phi) is 11.4. The summed E-state index contributed by atoms with van der Waals surface area (Å²) in [6.45, 7) is 3.72. The van der Waals surface area contributed by atoms with Crippen LogP contribution in [-0.4, -0.2) is 48.2 Å². The minimum absolute atomic E-state index is 0.0251. The molecule has 2 atom stereocenters. The number of hydrogen-bond donors (Lipinski definition) is 2. The zero-order valence-electron chi connectivity index (χ0n) is 21.6. The van der Waals surface area contributed by atoms with E-state index in [-0.39, 0.29) is 24.7 Å². The summed E-state index contributed by atoms with van der Waals surface area (Å²) in [5.74, 6) is -0.376. The van der Waals surface area contributed by atoms with Crippen LogP contribution in [0.5, 0.6) is 0 Å². The number of rotatable bonds is 13. The second-order valence-corrected chi connectivity index (χ2v) is 12.7. The first kappa shape index (κ1) is 30.3. The third kappa shape index (κ3) is 8.64. The summed E-state index contributed by atoms with van der Waals surface area (Å²) in [6, 6.07) is 21.2. The van der Waals surface area contributed by atoms with Gasteiger partial charge in [0.15, 0.2) is 0 Å². The minimum Gasteiger partial charge on any atom is -0.390 e. The Labute approximate surface area is 239 Å².